The van der Waals surface area contributed by atoms with Crippen LogP contribution in [0.1, 0.15) is 13.3 Å². The molecule has 0 unspecified atom stereocenters. The highest BCUT2D eigenvalue weighted by atomic mass is 32.2. The largest absolute Gasteiger partial charge is 0.395 e. The molecule has 9 heteroatoms. The number of halogens is 2. The highest BCUT2D eigenvalue weighted by Gasteiger charge is 2.17. The van der Waals surface area contributed by atoms with E-state index in [0.717, 1.165) is 12.1 Å². The molecule has 0 aliphatic heterocycles. The van der Waals surface area contributed by atoms with Gasteiger partial charge in [-0.2, -0.15) is 0 Å². The zero-order chi connectivity index (χ0) is 16.8. The van der Waals surface area contributed by atoms with Crippen LogP contribution in [0.3, 0.4) is 0 Å². The fourth-order valence-corrected chi connectivity index (χ4v) is 2.80. The topological polar surface area (TPSA) is 86.7 Å². The maximum absolute atomic E-state index is 13.0. The third-order valence-corrected chi connectivity index (χ3v) is 4.40. The van der Waals surface area contributed by atoms with Crippen molar-refractivity contribution >= 4 is 15.9 Å². The van der Waals surface area contributed by atoms with Crippen LogP contribution >= 0.6 is 0 Å². The van der Waals surface area contributed by atoms with E-state index in [1.54, 1.807) is 6.92 Å². The second-order valence-corrected chi connectivity index (χ2v) is 6.19. The number of aliphatic hydroxyl groups excluding tert-OH is 1. The first-order valence-electron chi connectivity index (χ1n) is 6.65. The molecule has 1 aromatic carbocycles. The lowest BCUT2D eigenvalue weighted by molar-refractivity contribution is -0.131. The van der Waals surface area contributed by atoms with Gasteiger partial charge in [-0.15, -0.1) is 0 Å². The molecule has 0 atom stereocenters. The number of sulfonamides is 1. The molecule has 0 spiro atoms. The monoisotopic (exact) mass is 336 g/mol. The van der Waals surface area contributed by atoms with E-state index >= 15 is 0 Å². The predicted molar refractivity (Wildman–Crippen MR) is 75.5 cm³/mol. The van der Waals surface area contributed by atoms with Gasteiger partial charge in [0.15, 0.2) is 11.6 Å². The minimum absolute atomic E-state index is 0.100. The number of carbonyl (C=O) groups excluding carboxylic acids is 1. The number of benzene rings is 1. The first-order chi connectivity index (χ1) is 10.3. The Bertz CT molecular complexity index is 622. The van der Waals surface area contributed by atoms with E-state index in [0.29, 0.717) is 12.6 Å². The van der Waals surface area contributed by atoms with Crippen molar-refractivity contribution in [2.24, 2.45) is 0 Å². The first kappa shape index (κ1) is 18.5. The lowest BCUT2D eigenvalue weighted by Crippen LogP contribution is -2.36. The average molecular weight is 336 g/mol. The minimum atomic E-state index is -4.02. The molecule has 0 aliphatic rings. The van der Waals surface area contributed by atoms with E-state index in [1.165, 1.54) is 4.90 Å². The minimum Gasteiger partial charge on any atom is -0.395 e. The highest BCUT2D eigenvalue weighted by Crippen LogP contribution is 2.13. The molecular formula is C13H18F2N2O4S. The molecule has 2 N–H and O–H groups in total. The molecule has 0 radical (unpaired) electrons. The molecule has 0 heterocycles. The number of nitrogens with zero attached hydrogens (tertiary/aromatic N) is 1. The summed E-state index contributed by atoms with van der Waals surface area (Å²) in [5, 5.41) is 8.80. The van der Waals surface area contributed by atoms with Gasteiger partial charge in [0, 0.05) is 26.1 Å². The Morgan fingerprint density at radius 1 is 1.32 bits per heavy atom. The van der Waals surface area contributed by atoms with Crippen LogP contribution in [-0.4, -0.2) is 50.6 Å². The smallest absolute Gasteiger partial charge is 0.240 e. The molecule has 1 aromatic rings. The lowest BCUT2D eigenvalue weighted by Gasteiger charge is -2.19. The van der Waals surface area contributed by atoms with Gasteiger partial charge in [-0.3, -0.25) is 4.79 Å². The molecule has 0 fully saturated rings. The predicted octanol–water partition coefficient (Wildman–Crippen LogP) is 0.474. The van der Waals surface area contributed by atoms with Gasteiger partial charge >= 0.3 is 0 Å². The normalized spacial score (nSPS) is 11.5. The zero-order valence-electron chi connectivity index (χ0n) is 12.1. The number of likely N-dealkylation sites (N-methyl/N-ethyl adjacent to an activating group) is 1. The Morgan fingerprint density at radius 2 is 2.00 bits per heavy atom. The molecular weight excluding hydrogens is 318 g/mol. The van der Waals surface area contributed by atoms with Crippen LogP contribution in [0.25, 0.3) is 0 Å². The molecule has 1 rings (SSSR count). The van der Waals surface area contributed by atoms with Crippen molar-refractivity contribution in [3.05, 3.63) is 29.8 Å². The van der Waals surface area contributed by atoms with Crippen molar-refractivity contribution in [1.82, 2.24) is 9.62 Å². The molecule has 0 bridgehead atoms. The molecule has 22 heavy (non-hydrogen) atoms. The quantitative estimate of drug-likeness (QED) is 0.723. The van der Waals surface area contributed by atoms with Gasteiger partial charge in [-0.1, -0.05) is 0 Å². The Balaban J connectivity index is 2.63. The second-order valence-electron chi connectivity index (χ2n) is 4.42. The van der Waals surface area contributed by atoms with Gasteiger partial charge < -0.3 is 10.0 Å². The summed E-state index contributed by atoms with van der Waals surface area (Å²) in [7, 11) is -4.02. The number of carbonyl (C=O) groups is 1. The van der Waals surface area contributed by atoms with Gasteiger partial charge in [0.05, 0.1) is 11.5 Å². The Kier molecular flexibility index (Phi) is 6.85. The average Bonchev–Trinajstić information content (AvgIpc) is 2.47. The summed E-state index contributed by atoms with van der Waals surface area (Å²) in [5.41, 5.74) is 0. The summed E-state index contributed by atoms with van der Waals surface area (Å²) < 4.78 is 51.7. The standard InChI is InChI=1S/C13H18F2N2O4S/c1-2-17(7-8-18)13(19)5-6-16-22(20,21)10-3-4-11(14)12(15)9-10/h3-4,9,16,18H,2,5-8H2,1H3. The summed E-state index contributed by atoms with van der Waals surface area (Å²) in [6, 6.07) is 2.23. The fourth-order valence-electron chi connectivity index (χ4n) is 1.76. The van der Waals surface area contributed by atoms with Crippen molar-refractivity contribution in [2.75, 3.05) is 26.2 Å². The first-order valence-corrected chi connectivity index (χ1v) is 8.13. The SMILES string of the molecule is CCN(CCO)C(=O)CCNS(=O)(=O)c1ccc(F)c(F)c1. The maximum atomic E-state index is 13.0. The number of nitrogens with one attached hydrogen (secondary N) is 1. The summed E-state index contributed by atoms with van der Waals surface area (Å²) in [6.07, 6.45) is -0.100. The lowest BCUT2D eigenvalue weighted by atomic mass is 10.3. The van der Waals surface area contributed by atoms with Crippen molar-refractivity contribution in [3.63, 3.8) is 0 Å². The van der Waals surface area contributed by atoms with E-state index in [4.69, 9.17) is 5.11 Å². The van der Waals surface area contributed by atoms with E-state index in [-0.39, 0.29) is 32.0 Å². The van der Waals surface area contributed by atoms with E-state index < -0.39 is 26.6 Å². The van der Waals surface area contributed by atoms with Crippen molar-refractivity contribution < 1.29 is 27.1 Å². The van der Waals surface area contributed by atoms with Gasteiger partial charge in [-0.25, -0.2) is 21.9 Å². The zero-order valence-corrected chi connectivity index (χ0v) is 12.9. The number of amides is 1. The van der Waals surface area contributed by atoms with Crippen LogP contribution < -0.4 is 4.72 Å². The fraction of sp³-hybridized carbons (Fsp3) is 0.462. The van der Waals surface area contributed by atoms with Crippen molar-refractivity contribution in [1.29, 1.82) is 0 Å². The number of aliphatic hydroxyl groups is 1. The molecule has 0 aromatic heterocycles. The van der Waals surface area contributed by atoms with Crippen LogP contribution in [-0.2, 0) is 14.8 Å². The van der Waals surface area contributed by atoms with E-state index in [9.17, 15) is 22.0 Å². The number of hydrogen-bond donors (Lipinski definition) is 2. The Hall–Kier alpha value is -1.58. The third kappa shape index (κ3) is 5.00. The van der Waals surface area contributed by atoms with Crippen LogP contribution in [0.15, 0.2) is 23.1 Å². The summed E-state index contributed by atoms with van der Waals surface area (Å²) in [4.78, 5) is 12.7. The Morgan fingerprint density at radius 3 is 2.55 bits per heavy atom. The van der Waals surface area contributed by atoms with Gasteiger partial charge in [-0.05, 0) is 25.1 Å². The van der Waals surface area contributed by atoms with Crippen LogP contribution in [0.4, 0.5) is 8.78 Å². The molecule has 124 valence electrons. The van der Waals surface area contributed by atoms with Gasteiger partial charge in [0.25, 0.3) is 0 Å². The molecule has 0 saturated heterocycles. The molecule has 1 amide bonds. The Labute approximate surface area is 127 Å². The highest BCUT2D eigenvalue weighted by molar-refractivity contribution is 7.89. The number of hydrogen-bond acceptors (Lipinski definition) is 4. The van der Waals surface area contributed by atoms with E-state index in [2.05, 4.69) is 4.72 Å². The maximum Gasteiger partial charge on any atom is 0.240 e. The molecule has 0 aliphatic carbocycles. The summed E-state index contributed by atoms with van der Waals surface area (Å²) in [5.74, 6) is -2.72. The van der Waals surface area contributed by atoms with Gasteiger partial charge in [0.1, 0.15) is 0 Å². The molecule has 0 saturated carbocycles. The van der Waals surface area contributed by atoms with E-state index in [1.807, 2.05) is 0 Å². The van der Waals surface area contributed by atoms with Crippen molar-refractivity contribution in [3.8, 4) is 0 Å². The molecule has 6 nitrogen and oxygen atoms in total. The third-order valence-electron chi connectivity index (χ3n) is 2.94. The summed E-state index contributed by atoms with van der Waals surface area (Å²) >= 11 is 0. The van der Waals surface area contributed by atoms with Crippen LogP contribution in [0, 0.1) is 11.6 Å². The van der Waals surface area contributed by atoms with Crippen molar-refractivity contribution in [2.45, 2.75) is 18.2 Å². The number of rotatable bonds is 8. The van der Waals surface area contributed by atoms with Crippen LogP contribution in [0.2, 0.25) is 0 Å². The second kappa shape index (κ2) is 8.16. The van der Waals surface area contributed by atoms with Crippen LogP contribution in [0.5, 0.6) is 0 Å². The summed E-state index contributed by atoms with van der Waals surface area (Å²) in [6.45, 7) is 1.95. The van der Waals surface area contributed by atoms with Gasteiger partial charge in [0.2, 0.25) is 15.9 Å².